The van der Waals surface area contributed by atoms with E-state index in [9.17, 15) is 9.59 Å². The number of amides is 3. The number of pyridine rings is 1. The van der Waals surface area contributed by atoms with Crippen molar-refractivity contribution >= 4 is 34.4 Å². The minimum absolute atomic E-state index is 0.00846. The number of carbonyl (C=O) groups excluding carboxylic acids is 2. The van der Waals surface area contributed by atoms with E-state index < -0.39 is 17.5 Å². The quantitative estimate of drug-likeness (QED) is 0.713. The smallest absolute Gasteiger partial charge is 0.325 e. The molecule has 1 aromatic carbocycles. The van der Waals surface area contributed by atoms with Gasteiger partial charge in [-0.2, -0.15) is 0 Å². The molecule has 1 aliphatic heterocycles. The molecule has 0 saturated carbocycles. The van der Waals surface area contributed by atoms with Crippen LogP contribution in [0, 0.1) is 6.92 Å². The Labute approximate surface area is 154 Å². The molecule has 2 aromatic heterocycles. The van der Waals surface area contributed by atoms with Crippen LogP contribution in [-0.2, 0) is 16.9 Å². The minimum atomic E-state index is -1.24. The first kappa shape index (κ1) is 16.6. The van der Waals surface area contributed by atoms with Crippen molar-refractivity contribution in [1.29, 1.82) is 0 Å². The van der Waals surface area contributed by atoms with Gasteiger partial charge in [0.15, 0.2) is 5.54 Å². The van der Waals surface area contributed by atoms with Gasteiger partial charge in [0, 0.05) is 5.39 Å². The third-order valence-corrected chi connectivity index (χ3v) is 5.24. The van der Waals surface area contributed by atoms with Gasteiger partial charge in [0.2, 0.25) is 0 Å². The molecule has 1 atom stereocenters. The van der Waals surface area contributed by atoms with Crippen molar-refractivity contribution in [2.75, 3.05) is 0 Å². The fourth-order valence-corrected chi connectivity index (χ4v) is 3.45. The van der Waals surface area contributed by atoms with Gasteiger partial charge in [0.25, 0.3) is 5.91 Å². The second-order valence-corrected chi connectivity index (χ2v) is 6.82. The lowest BCUT2D eigenvalue weighted by Gasteiger charge is -2.19. The van der Waals surface area contributed by atoms with Crippen LogP contribution in [0.25, 0.3) is 10.9 Å². The molecule has 3 amide bonds. The van der Waals surface area contributed by atoms with Crippen molar-refractivity contribution in [3.8, 4) is 0 Å². The number of rotatable bonds is 3. The number of furan rings is 1. The molecule has 1 saturated heterocycles. The summed E-state index contributed by atoms with van der Waals surface area (Å²) in [4.78, 5) is 31.0. The number of fused-ring (bicyclic) bond motifs is 1. The van der Waals surface area contributed by atoms with Crippen LogP contribution in [0.4, 0.5) is 4.79 Å². The Morgan fingerprint density at radius 3 is 2.73 bits per heavy atom. The standard InChI is InChI=1S/C19H16ClN3O3/c1-11-12-6-3-4-7-13(12)21-14(16(11)20)10-23-17(24)19(2,22-18(23)25)15-8-5-9-26-15/h3-9H,10H2,1-2H3,(H,22,25). The van der Waals surface area contributed by atoms with Crippen molar-refractivity contribution in [1.82, 2.24) is 15.2 Å². The van der Waals surface area contributed by atoms with Gasteiger partial charge in [-0.15, -0.1) is 0 Å². The highest BCUT2D eigenvalue weighted by Crippen LogP contribution is 2.32. The first-order valence-electron chi connectivity index (χ1n) is 8.13. The van der Waals surface area contributed by atoms with Gasteiger partial charge in [0.1, 0.15) is 5.76 Å². The lowest BCUT2D eigenvalue weighted by Crippen LogP contribution is -2.40. The summed E-state index contributed by atoms with van der Waals surface area (Å²) in [7, 11) is 0. The Hall–Kier alpha value is -2.86. The number of hydrogen-bond acceptors (Lipinski definition) is 4. The Morgan fingerprint density at radius 1 is 1.23 bits per heavy atom. The number of benzene rings is 1. The molecule has 7 heteroatoms. The normalized spacial score (nSPS) is 20.0. The molecule has 0 bridgehead atoms. The van der Waals surface area contributed by atoms with Crippen molar-refractivity contribution in [2.45, 2.75) is 25.9 Å². The molecule has 132 valence electrons. The van der Waals surface area contributed by atoms with E-state index in [1.54, 1.807) is 19.1 Å². The average Bonchev–Trinajstić information content (AvgIpc) is 3.24. The zero-order valence-corrected chi connectivity index (χ0v) is 15.0. The molecule has 6 nitrogen and oxygen atoms in total. The van der Waals surface area contributed by atoms with Gasteiger partial charge in [-0.1, -0.05) is 29.8 Å². The fraction of sp³-hybridized carbons (Fsp3) is 0.211. The Kier molecular flexibility index (Phi) is 3.73. The van der Waals surface area contributed by atoms with Crippen LogP contribution in [-0.4, -0.2) is 21.8 Å². The summed E-state index contributed by atoms with van der Waals surface area (Å²) in [5.41, 5.74) is 0.882. The number of urea groups is 1. The van der Waals surface area contributed by atoms with Crippen LogP contribution in [0.5, 0.6) is 0 Å². The summed E-state index contributed by atoms with van der Waals surface area (Å²) in [5.74, 6) is -0.0202. The van der Waals surface area contributed by atoms with Crippen molar-refractivity contribution < 1.29 is 14.0 Å². The number of aromatic nitrogens is 1. The van der Waals surface area contributed by atoms with E-state index in [0.717, 1.165) is 21.4 Å². The van der Waals surface area contributed by atoms with Crippen molar-refractivity contribution in [3.05, 3.63) is 64.7 Å². The number of halogens is 1. The zero-order chi connectivity index (χ0) is 18.5. The Morgan fingerprint density at radius 2 is 2.00 bits per heavy atom. The predicted octanol–water partition coefficient (Wildman–Crippen LogP) is 3.76. The zero-order valence-electron chi connectivity index (χ0n) is 14.2. The number of para-hydroxylation sites is 1. The maximum absolute atomic E-state index is 12.9. The van der Waals surface area contributed by atoms with Crippen molar-refractivity contribution in [2.24, 2.45) is 0 Å². The van der Waals surface area contributed by atoms with Gasteiger partial charge < -0.3 is 9.73 Å². The first-order valence-corrected chi connectivity index (χ1v) is 8.51. The maximum atomic E-state index is 12.9. The number of imide groups is 1. The van der Waals surface area contributed by atoms with Crippen LogP contribution in [0.1, 0.15) is 23.9 Å². The molecular formula is C19H16ClN3O3. The van der Waals surface area contributed by atoms with Gasteiger partial charge in [-0.25, -0.2) is 9.78 Å². The monoisotopic (exact) mass is 369 g/mol. The summed E-state index contributed by atoms with van der Waals surface area (Å²) >= 11 is 6.47. The van der Waals surface area contributed by atoms with E-state index in [2.05, 4.69) is 10.3 Å². The average molecular weight is 370 g/mol. The third-order valence-electron chi connectivity index (χ3n) is 4.74. The lowest BCUT2D eigenvalue weighted by atomic mass is 9.99. The number of carbonyl (C=O) groups is 2. The van der Waals surface area contributed by atoms with E-state index in [0.29, 0.717) is 16.5 Å². The molecule has 3 aromatic rings. The van der Waals surface area contributed by atoms with Crippen LogP contribution in [0.3, 0.4) is 0 Å². The van der Waals surface area contributed by atoms with Gasteiger partial charge >= 0.3 is 6.03 Å². The SMILES string of the molecule is Cc1c(Cl)c(CN2C(=O)NC(C)(c3ccco3)C2=O)nc2ccccc12. The van der Waals surface area contributed by atoms with Crippen LogP contribution in [0.2, 0.25) is 5.02 Å². The molecular weight excluding hydrogens is 354 g/mol. The van der Waals surface area contributed by atoms with E-state index in [1.807, 2.05) is 31.2 Å². The van der Waals surface area contributed by atoms with Gasteiger partial charge in [0.05, 0.1) is 29.0 Å². The Bertz CT molecular complexity index is 1030. The van der Waals surface area contributed by atoms with Gasteiger partial charge in [-0.3, -0.25) is 9.69 Å². The molecule has 1 aliphatic rings. The number of aryl methyl sites for hydroxylation is 1. The highest BCUT2D eigenvalue weighted by molar-refractivity contribution is 6.32. The molecule has 26 heavy (non-hydrogen) atoms. The topological polar surface area (TPSA) is 75.4 Å². The predicted molar refractivity (Wildman–Crippen MR) is 96.6 cm³/mol. The molecule has 1 unspecified atom stereocenters. The summed E-state index contributed by atoms with van der Waals surface area (Å²) in [5, 5.41) is 4.09. The Balaban J connectivity index is 1.72. The van der Waals surface area contributed by atoms with E-state index in [-0.39, 0.29) is 6.54 Å². The van der Waals surface area contributed by atoms with Crippen molar-refractivity contribution in [3.63, 3.8) is 0 Å². The summed E-state index contributed by atoms with van der Waals surface area (Å²) in [6.07, 6.45) is 1.47. The molecule has 0 radical (unpaired) electrons. The van der Waals surface area contributed by atoms with Crippen LogP contribution in [0.15, 0.2) is 47.1 Å². The summed E-state index contributed by atoms with van der Waals surface area (Å²) in [6, 6.07) is 10.4. The van der Waals surface area contributed by atoms with Crippen LogP contribution >= 0.6 is 11.6 Å². The second-order valence-electron chi connectivity index (χ2n) is 6.44. The number of hydrogen-bond donors (Lipinski definition) is 1. The van der Waals surface area contributed by atoms with E-state index in [1.165, 1.54) is 6.26 Å². The maximum Gasteiger partial charge on any atom is 0.325 e. The van der Waals surface area contributed by atoms with E-state index in [4.69, 9.17) is 16.0 Å². The van der Waals surface area contributed by atoms with Gasteiger partial charge in [-0.05, 0) is 37.6 Å². The summed E-state index contributed by atoms with van der Waals surface area (Å²) < 4.78 is 5.33. The highest BCUT2D eigenvalue weighted by Gasteiger charge is 2.51. The molecule has 1 fully saturated rings. The molecule has 1 N–H and O–H groups in total. The van der Waals surface area contributed by atoms with E-state index >= 15 is 0 Å². The first-order chi connectivity index (χ1) is 12.4. The fourth-order valence-electron chi connectivity index (χ4n) is 3.24. The third kappa shape index (κ3) is 2.37. The second kappa shape index (κ2) is 5.85. The van der Waals surface area contributed by atoms with Crippen LogP contribution < -0.4 is 5.32 Å². The minimum Gasteiger partial charge on any atom is -0.466 e. The molecule has 0 spiro atoms. The number of nitrogens with zero attached hydrogens (tertiary/aromatic N) is 2. The largest absolute Gasteiger partial charge is 0.466 e. The summed E-state index contributed by atoms with van der Waals surface area (Å²) in [6.45, 7) is 3.51. The molecule has 4 rings (SSSR count). The molecule has 0 aliphatic carbocycles. The molecule has 3 heterocycles. The number of nitrogens with one attached hydrogen (secondary N) is 1. The highest BCUT2D eigenvalue weighted by atomic mass is 35.5. The lowest BCUT2D eigenvalue weighted by molar-refractivity contribution is -0.132.